The minimum absolute atomic E-state index is 0.0792. The molecule has 4 aliphatic carbocycles. The molecule has 6 nitrogen and oxygen atoms in total. The van der Waals surface area contributed by atoms with Crippen LogP contribution in [0.1, 0.15) is 75.1 Å². The normalized spacial score (nSPS) is 31.4. The number of piperidine rings is 1. The Kier molecular flexibility index (Phi) is 5.72. The van der Waals surface area contributed by atoms with Crippen LogP contribution in [-0.4, -0.2) is 41.8 Å². The van der Waals surface area contributed by atoms with Crippen LogP contribution in [-0.2, 0) is 9.59 Å². The van der Waals surface area contributed by atoms with Crippen molar-refractivity contribution in [2.75, 3.05) is 18.4 Å². The number of nitrogens with zero attached hydrogens (tertiary/aromatic N) is 1. The van der Waals surface area contributed by atoms with Gasteiger partial charge in [-0.15, -0.1) is 0 Å². The molecule has 3 amide bonds. The van der Waals surface area contributed by atoms with E-state index < -0.39 is 0 Å². The first-order chi connectivity index (χ1) is 15.4. The first kappa shape index (κ1) is 21.5. The number of hydrogen-bond donors (Lipinski definition) is 2. The van der Waals surface area contributed by atoms with Crippen LogP contribution in [0.25, 0.3) is 0 Å². The van der Waals surface area contributed by atoms with Gasteiger partial charge in [0, 0.05) is 43.7 Å². The average molecular weight is 438 g/mol. The van der Waals surface area contributed by atoms with Crippen molar-refractivity contribution in [2.24, 2.45) is 23.2 Å². The van der Waals surface area contributed by atoms with Crippen LogP contribution >= 0.6 is 0 Å². The molecule has 1 saturated heterocycles. The van der Waals surface area contributed by atoms with E-state index >= 15 is 0 Å². The summed E-state index contributed by atoms with van der Waals surface area (Å²) >= 11 is 0. The highest BCUT2D eigenvalue weighted by molar-refractivity contribution is 5.97. The van der Waals surface area contributed by atoms with Crippen molar-refractivity contribution in [3.63, 3.8) is 0 Å². The number of amides is 3. The standard InChI is InChI=1S/C26H35N3O3/c1-17(30)27-23-4-2-3-21(12-23)25(32)28-22-5-7-29(8-6-22)24(31)16-26-13-18-9-19(14-26)11-20(10-18)15-26/h2-4,12,18-20,22H,5-11,13-16H2,1H3,(H,27,30)(H,28,32). The van der Waals surface area contributed by atoms with Crippen molar-refractivity contribution in [2.45, 2.75) is 70.8 Å². The second-order valence-electron chi connectivity index (χ2n) is 11.0. The lowest BCUT2D eigenvalue weighted by Gasteiger charge is -2.57. The van der Waals surface area contributed by atoms with E-state index in [2.05, 4.69) is 10.6 Å². The Morgan fingerprint density at radius 2 is 1.62 bits per heavy atom. The summed E-state index contributed by atoms with van der Waals surface area (Å²) in [6, 6.07) is 7.07. The maximum Gasteiger partial charge on any atom is 0.251 e. The molecule has 4 saturated carbocycles. The van der Waals surface area contributed by atoms with Crippen LogP contribution < -0.4 is 10.6 Å². The predicted octanol–water partition coefficient (Wildman–Crippen LogP) is 3.97. The smallest absolute Gasteiger partial charge is 0.251 e. The maximum absolute atomic E-state index is 13.2. The number of nitrogens with one attached hydrogen (secondary N) is 2. The number of carbonyl (C=O) groups excluding carboxylic acids is 3. The Morgan fingerprint density at radius 1 is 1.00 bits per heavy atom. The number of rotatable bonds is 5. The molecule has 172 valence electrons. The lowest BCUT2D eigenvalue weighted by molar-refractivity contribution is -0.140. The summed E-state index contributed by atoms with van der Waals surface area (Å²) in [5.74, 6) is 2.67. The second-order valence-corrected chi connectivity index (χ2v) is 11.0. The fourth-order valence-electron chi connectivity index (χ4n) is 7.42. The van der Waals surface area contributed by atoms with Gasteiger partial charge in [-0.05, 0) is 92.7 Å². The minimum Gasteiger partial charge on any atom is -0.349 e. The van der Waals surface area contributed by atoms with Crippen LogP contribution in [0.4, 0.5) is 5.69 Å². The van der Waals surface area contributed by atoms with E-state index in [1.165, 1.54) is 45.4 Å². The lowest BCUT2D eigenvalue weighted by Crippen LogP contribution is -2.50. The highest BCUT2D eigenvalue weighted by Crippen LogP contribution is 2.61. The van der Waals surface area contributed by atoms with E-state index in [1.807, 2.05) is 4.90 Å². The van der Waals surface area contributed by atoms with Gasteiger partial charge in [0.25, 0.3) is 5.91 Å². The van der Waals surface area contributed by atoms with Gasteiger partial charge in [0.2, 0.25) is 11.8 Å². The van der Waals surface area contributed by atoms with Gasteiger partial charge in [0.1, 0.15) is 0 Å². The molecular weight excluding hydrogens is 402 g/mol. The van der Waals surface area contributed by atoms with Crippen LogP contribution in [0.5, 0.6) is 0 Å². The molecule has 1 aliphatic heterocycles. The lowest BCUT2D eigenvalue weighted by atomic mass is 9.49. The first-order valence-electron chi connectivity index (χ1n) is 12.3. The maximum atomic E-state index is 13.2. The molecule has 1 aromatic carbocycles. The Morgan fingerprint density at radius 3 is 2.22 bits per heavy atom. The van der Waals surface area contributed by atoms with Gasteiger partial charge in [0.15, 0.2) is 0 Å². The fourth-order valence-corrected chi connectivity index (χ4v) is 7.42. The third kappa shape index (κ3) is 4.55. The molecule has 5 aliphatic rings. The fraction of sp³-hybridized carbons (Fsp3) is 0.654. The summed E-state index contributed by atoms with van der Waals surface area (Å²) in [6.07, 6.45) is 10.4. The van der Waals surface area contributed by atoms with Gasteiger partial charge in [0.05, 0.1) is 0 Å². The van der Waals surface area contributed by atoms with Crippen LogP contribution in [0, 0.1) is 23.2 Å². The summed E-state index contributed by atoms with van der Waals surface area (Å²) in [4.78, 5) is 39.1. The highest BCUT2D eigenvalue weighted by Gasteiger charge is 2.51. The SMILES string of the molecule is CC(=O)Nc1cccc(C(=O)NC2CCN(C(=O)CC34CC5CC(CC(C5)C3)C4)CC2)c1. The Labute approximate surface area is 190 Å². The average Bonchev–Trinajstić information content (AvgIpc) is 2.72. The molecule has 6 heteroatoms. The molecule has 0 spiro atoms. The quantitative estimate of drug-likeness (QED) is 0.732. The van der Waals surface area contributed by atoms with Gasteiger partial charge in [-0.3, -0.25) is 14.4 Å². The Hall–Kier alpha value is -2.37. The zero-order valence-corrected chi connectivity index (χ0v) is 19.1. The van der Waals surface area contributed by atoms with Crippen molar-refractivity contribution in [3.8, 4) is 0 Å². The third-order valence-corrected chi connectivity index (χ3v) is 8.32. The number of carbonyl (C=O) groups is 3. The molecule has 1 heterocycles. The van der Waals surface area contributed by atoms with Gasteiger partial charge < -0.3 is 15.5 Å². The summed E-state index contributed by atoms with van der Waals surface area (Å²) in [5.41, 5.74) is 1.45. The van der Waals surface area contributed by atoms with Gasteiger partial charge >= 0.3 is 0 Å². The number of anilines is 1. The van der Waals surface area contributed by atoms with Crippen LogP contribution in [0.2, 0.25) is 0 Å². The summed E-state index contributed by atoms with van der Waals surface area (Å²) in [7, 11) is 0. The van der Waals surface area contributed by atoms with E-state index in [0.29, 0.717) is 17.2 Å². The Bertz CT molecular complexity index is 868. The zero-order chi connectivity index (χ0) is 22.3. The molecule has 1 aromatic rings. The third-order valence-electron chi connectivity index (χ3n) is 8.32. The summed E-state index contributed by atoms with van der Waals surface area (Å²) in [6.45, 7) is 2.90. The van der Waals surface area contributed by atoms with Gasteiger partial charge in [-0.25, -0.2) is 0 Å². The summed E-state index contributed by atoms with van der Waals surface area (Å²) in [5, 5.41) is 5.82. The molecule has 5 fully saturated rings. The van der Waals surface area contributed by atoms with E-state index in [1.54, 1.807) is 24.3 Å². The molecule has 0 atom stereocenters. The number of likely N-dealkylation sites (tertiary alicyclic amines) is 1. The molecule has 2 N–H and O–H groups in total. The second kappa shape index (κ2) is 8.53. The molecule has 32 heavy (non-hydrogen) atoms. The zero-order valence-electron chi connectivity index (χ0n) is 19.1. The number of benzene rings is 1. The van der Waals surface area contributed by atoms with E-state index in [4.69, 9.17) is 0 Å². The van der Waals surface area contributed by atoms with E-state index in [9.17, 15) is 14.4 Å². The first-order valence-corrected chi connectivity index (χ1v) is 12.3. The van der Waals surface area contributed by atoms with E-state index in [-0.39, 0.29) is 23.3 Å². The molecular formula is C26H35N3O3. The van der Waals surface area contributed by atoms with Crippen molar-refractivity contribution in [1.82, 2.24) is 10.2 Å². The van der Waals surface area contributed by atoms with Crippen LogP contribution in [0.15, 0.2) is 24.3 Å². The van der Waals surface area contributed by atoms with Crippen LogP contribution in [0.3, 0.4) is 0 Å². The molecule has 6 rings (SSSR count). The van der Waals surface area contributed by atoms with E-state index in [0.717, 1.165) is 50.1 Å². The van der Waals surface area contributed by atoms with Crippen molar-refractivity contribution in [3.05, 3.63) is 29.8 Å². The molecule has 0 aromatic heterocycles. The summed E-state index contributed by atoms with van der Waals surface area (Å²) < 4.78 is 0. The Balaban J connectivity index is 1.12. The predicted molar refractivity (Wildman–Crippen MR) is 123 cm³/mol. The van der Waals surface area contributed by atoms with Crippen molar-refractivity contribution < 1.29 is 14.4 Å². The highest BCUT2D eigenvalue weighted by atomic mass is 16.2. The monoisotopic (exact) mass is 437 g/mol. The van der Waals surface area contributed by atoms with Gasteiger partial charge in [-0.1, -0.05) is 6.07 Å². The molecule has 4 bridgehead atoms. The molecule has 0 unspecified atom stereocenters. The van der Waals surface area contributed by atoms with Crippen molar-refractivity contribution in [1.29, 1.82) is 0 Å². The molecule has 0 radical (unpaired) electrons. The minimum atomic E-state index is -0.159. The topological polar surface area (TPSA) is 78.5 Å². The van der Waals surface area contributed by atoms with Gasteiger partial charge in [-0.2, -0.15) is 0 Å². The largest absolute Gasteiger partial charge is 0.349 e. The van der Waals surface area contributed by atoms with Crippen molar-refractivity contribution >= 4 is 23.4 Å². The number of hydrogen-bond acceptors (Lipinski definition) is 3.